The van der Waals surface area contributed by atoms with Crippen LogP contribution in [0.1, 0.15) is 38.1 Å². The number of aryl methyl sites for hydroxylation is 1. The number of Topliss-reactive ketones (excluding diaryl/α,β-unsaturated/α-hetero) is 2. The number of benzene rings is 1. The quantitative estimate of drug-likeness (QED) is 0.628. The highest BCUT2D eigenvalue weighted by molar-refractivity contribution is 6.00. The first-order chi connectivity index (χ1) is 10.4. The van der Waals surface area contributed by atoms with Crippen LogP contribution in [0.2, 0.25) is 0 Å². The Labute approximate surface area is 126 Å². The van der Waals surface area contributed by atoms with Crippen molar-refractivity contribution >= 4 is 17.5 Å². The first-order valence-electron chi connectivity index (χ1n) is 6.52. The molecule has 0 amide bonds. The number of rotatable bonds is 5. The first kappa shape index (κ1) is 15.6. The lowest BCUT2D eigenvalue weighted by molar-refractivity contribution is 0.0464. The summed E-state index contributed by atoms with van der Waals surface area (Å²) in [6, 6.07) is 6.85. The number of nitrogens with zero attached hydrogens (tertiary/aromatic N) is 1. The molecule has 0 aliphatic rings. The molecule has 5 nitrogen and oxygen atoms in total. The first-order valence-corrected chi connectivity index (χ1v) is 6.52. The summed E-state index contributed by atoms with van der Waals surface area (Å²) in [6.07, 6.45) is 1.50. The molecule has 0 saturated carbocycles. The molecule has 1 aromatic carbocycles. The highest BCUT2D eigenvalue weighted by Crippen LogP contribution is 2.11. The van der Waals surface area contributed by atoms with Crippen LogP contribution in [0.15, 0.2) is 36.5 Å². The van der Waals surface area contributed by atoms with Gasteiger partial charge in [-0.3, -0.25) is 9.59 Å². The fourth-order valence-corrected chi connectivity index (χ4v) is 1.93. The Bertz CT molecular complexity index is 748. The molecule has 2 rings (SSSR count). The summed E-state index contributed by atoms with van der Waals surface area (Å²) < 4.78 is 19.8. The van der Waals surface area contributed by atoms with Crippen LogP contribution in [0.3, 0.4) is 0 Å². The summed E-state index contributed by atoms with van der Waals surface area (Å²) in [5, 5.41) is 0. The normalized spacial score (nSPS) is 10.3. The van der Waals surface area contributed by atoms with Crippen molar-refractivity contribution in [2.45, 2.75) is 6.92 Å². The third-order valence-corrected chi connectivity index (χ3v) is 3.13. The standard InChI is InChI=1S/C16H14FNO4/c1-10(19)11-7-14(18(2)8-11)16(21)22-9-15(20)12-5-3-4-6-13(12)17/h3-8H,9H2,1-2H3. The van der Waals surface area contributed by atoms with Crippen molar-refractivity contribution in [1.29, 1.82) is 0 Å². The minimum atomic E-state index is -0.750. The Morgan fingerprint density at radius 3 is 2.50 bits per heavy atom. The van der Waals surface area contributed by atoms with Crippen LogP contribution in [0, 0.1) is 5.82 Å². The second-order valence-electron chi connectivity index (χ2n) is 4.76. The van der Waals surface area contributed by atoms with Crippen molar-refractivity contribution in [1.82, 2.24) is 4.57 Å². The van der Waals surface area contributed by atoms with Crippen LogP contribution < -0.4 is 0 Å². The molecule has 0 spiro atoms. The van der Waals surface area contributed by atoms with Gasteiger partial charge in [-0.15, -0.1) is 0 Å². The molecule has 1 aromatic heterocycles. The van der Waals surface area contributed by atoms with E-state index in [-0.39, 0.29) is 17.0 Å². The topological polar surface area (TPSA) is 65.4 Å². The van der Waals surface area contributed by atoms with Gasteiger partial charge in [0.1, 0.15) is 11.5 Å². The largest absolute Gasteiger partial charge is 0.453 e. The van der Waals surface area contributed by atoms with Gasteiger partial charge in [0.05, 0.1) is 5.56 Å². The van der Waals surface area contributed by atoms with Crippen molar-refractivity contribution in [3.05, 3.63) is 59.2 Å². The molecule has 0 bridgehead atoms. The van der Waals surface area contributed by atoms with Gasteiger partial charge in [0, 0.05) is 18.8 Å². The van der Waals surface area contributed by atoms with Gasteiger partial charge in [0.2, 0.25) is 5.78 Å². The van der Waals surface area contributed by atoms with E-state index < -0.39 is 24.2 Å². The van der Waals surface area contributed by atoms with Gasteiger partial charge in [-0.05, 0) is 25.1 Å². The fraction of sp³-hybridized carbons (Fsp3) is 0.188. The number of ether oxygens (including phenoxy) is 1. The SMILES string of the molecule is CC(=O)c1cc(C(=O)OCC(=O)c2ccccc2F)n(C)c1. The molecule has 0 aliphatic carbocycles. The molecule has 0 N–H and O–H groups in total. The van der Waals surface area contributed by atoms with Gasteiger partial charge in [0.15, 0.2) is 12.4 Å². The van der Waals surface area contributed by atoms with Crippen molar-refractivity contribution < 1.29 is 23.5 Å². The second-order valence-corrected chi connectivity index (χ2v) is 4.76. The molecule has 0 fully saturated rings. The highest BCUT2D eigenvalue weighted by Gasteiger charge is 2.18. The minimum Gasteiger partial charge on any atom is -0.453 e. The van der Waals surface area contributed by atoms with E-state index in [1.54, 1.807) is 7.05 Å². The van der Waals surface area contributed by atoms with Crippen molar-refractivity contribution in [3.8, 4) is 0 Å². The van der Waals surface area contributed by atoms with E-state index in [1.165, 1.54) is 42.0 Å². The summed E-state index contributed by atoms with van der Waals surface area (Å²) in [7, 11) is 1.59. The van der Waals surface area contributed by atoms with Crippen LogP contribution in [-0.2, 0) is 11.8 Å². The number of ketones is 2. The summed E-state index contributed by atoms with van der Waals surface area (Å²) in [6.45, 7) is 0.812. The molecule has 0 saturated heterocycles. The van der Waals surface area contributed by atoms with E-state index in [0.717, 1.165) is 6.07 Å². The fourth-order valence-electron chi connectivity index (χ4n) is 1.93. The Morgan fingerprint density at radius 2 is 1.91 bits per heavy atom. The molecule has 6 heteroatoms. The maximum absolute atomic E-state index is 13.4. The van der Waals surface area contributed by atoms with Crippen molar-refractivity contribution in [2.75, 3.05) is 6.61 Å². The number of carbonyl (C=O) groups is 3. The number of aromatic nitrogens is 1. The Morgan fingerprint density at radius 1 is 1.23 bits per heavy atom. The van der Waals surface area contributed by atoms with Gasteiger partial charge in [0.25, 0.3) is 0 Å². The molecular weight excluding hydrogens is 289 g/mol. The van der Waals surface area contributed by atoms with E-state index >= 15 is 0 Å². The summed E-state index contributed by atoms with van der Waals surface area (Å²) in [5.74, 6) is -2.23. The third kappa shape index (κ3) is 3.28. The molecule has 0 radical (unpaired) electrons. The average Bonchev–Trinajstić information content (AvgIpc) is 2.87. The lowest BCUT2D eigenvalue weighted by Crippen LogP contribution is -2.17. The zero-order valence-electron chi connectivity index (χ0n) is 12.1. The summed E-state index contributed by atoms with van der Waals surface area (Å²) in [4.78, 5) is 35.0. The molecule has 2 aromatic rings. The highest BCUT2D eigenvalue weighted by atomic mass is 19.1. The number of halogens is 1. The van der Waals surface area contributed by atoms with Gasteiger partial charge >= 0.3 is 5.97 Å². The van der Waals surface area contributed by atoms with E-state index in [4.69, 9.17) is 4.74 Å². The number of hydrogen-bond acceptors (Lipinski definition) is 4. The molecule has 0 unspecified atom stereocenters. The van der Waals surface area contributed by atoms with Crippen LogP contribution in [-0.4, -0.2) is 28.7 Å². The van der Waals surface area contributed by atoms with Crippen LogP contribution >= 0.6 is 0 Å². The third-order valence-electron chi connectivity index (χ3n) is 3.13. The monoisotopic (exact) mass is 303 g/mol. The Kier molecular flexibility index (Phi) is 4.50. The lowest BCUT2D eigenvalue weighted by Gasteiger charge is -2.05. The van der Waals surface area contributed by atoms with Gasteiger partial charge < -0.3 is 9.30 Å². The van der Waals surface area contributed by atoms with E-state index in [9.17, 15) is 18.8 Å². The van der Waals surface area contributed by atoms with Crippen LogP contribution in [0.5, 0.6) is 0 Å². The van der Waals surface area contributed by atoms with Gasteiger partial charge in [-0.25, -0.2) is 9.18 Å². The lowest BCUT2D eigenvalue weighted by atomic mass is 10.1. The second kappa shape index (κ2) is 6.34. The zero-order valence-corrected chi connectivity index (χ0v) is 12.1. The molecular formula is C16H14FNO4. The molecule has 1 heterocycles. The maximum Gasteiger partial charge on any atom is 0.355 e. The Hall–Kier alpha value is -2.76. The maximum atomic E-state index is 13.4. The van der Waals surface area contributed by atoms with Crippen molar-refractivity contribution in [2.24, 2.45) is 7.05 Å². The van der Waals surface area contributed by atoms with Gasteiger partial charge in [-0.2, -0.15) is 0 Å². The number of esters is 1. The molecule has 0 atom stereocenters. The number of carbonyl (C=O) groups excluding carboxylic acids is 3. The Balaban J connectivity index is 2.06. The van der Waals surface area contributed by atoms with E-state index in [1.807, 2.05) is 0 Å². The summed E-state index contributed by atoms with van der Waals surface area (Å²) in [5.41, 5.74) is 0.382. The van der Waals surface area contributed by atoms with Crippen LogP contribution in [0.4, 0.5) is 4.39 Å². The molecule has 114 valence electrons. The predicted octanol–water partition coefficient (Wildman–Crippen LogP) is 2.41. The minimum absolute atomic E-state index is 0.133. The van der Waals surface area contributed by atoms with E-state index in [2.05, 4.69) is 0 Å². The van der Waals surface area contributed by atoms with Crippen LogP contribution in [0.25, 0.3) is 0 Å². The smallest absolute Gasteiger partial charge is 0.355 e. The predicted molar refractivity (Wildman–Crippen MR) is 76.4 cm³/mol. The summed E-state index contributed by atoms with van der Waals surface area (Å²) >= 11 is 0. The zero-order chi connectivity index (χ0) is 16.3. The molecule has 0 aliphatic heterocycles. The molecule has 22 heavy (non-hydrogen) atoms. The van der Waals surface area contributed by atoms with Gasteiger partial charge in [-0.1, -0.05) is 12.1 Å². The number of hydrogen-bond donors (Lipinski definition) is 0. The average molecular weight is 303 g/mol. The van der Waals surface area contributed by atoms with Crippen molar-refractivity contribution in [3.63, 3.8) is 0 Å². The van der Waals surface area contributed by atoms with E-state index in [0.29, 0.717) is 5.56 Å².